The van der Waals surface area contributed by atoms with E-state index in [0.717, 1.165) is 19.6 Å². The Balaban J connectivity index is 0.00000208. The van der Waals surface area contributed by atoms with Gasteiger partial charge in [-0.15, -0.1) is 12.4 Å². The maximum atomic E-state index is 11.0. The van der Waals surface area contributed by atoms with Crippen LogP contribution in [0.5, 0.6) is 0 Å². The zero-order valence-corrected chi connectivity index (χ0v) is 13.9. The fraction of sp³-hybridized carbons (Fsp3) is 0.333. The summed E-state index contributed by atoms with van der Waals surface area (Å²) in [6.45, 7) is 2.62. The molecule has 1 aromatic heterocycles. The minimum atomic E-state index is -0.415. The van der Waals surface area contributed by atoms with Crippen LogP contribution in [0.3, 0.4) is 0 Å². The van der Waals surface area contributed by atoms with Crippen LogP contribution in [0, 0.1) is 10.1 Å². The van der Waals surface area contributed by atoms with E-state index >= 15 is 0 Å². The molecule has 1 aliphatic rings. The molecule has 1 N–H and O–H groups in total. The minimum absolute atomic E-state index is 0. The van der Waals surface area contributed by atoms with Gasteiger partial charge in [-0.05, 0) is 19.2 Å². The molecule has 1 saturated heterocycles. The number of nitro benzene ring substituents is 1. The maximum Gasteiger partial charge on any atom is 0.276 e. The second-order valence-electron chi connectivity index (χ2n) is 5.34. The molecule has 2 aromatic rings. The highest BCUT2D eigenvalue weighted by atomic mass is 35.5. The van der Waals surface area contributed by atoms with Gasteiger partial charge in [0.25, 0.3) is 11.6 Å². The van der Waals surface area contributed by atoms with E-state index in [1.807, 2.05) is 7.05 Å². The molecule has 0 spiro atoms. The summed E-state index contributed by atoms with van der Waals surface area (Å²) >= 11 is 0. The van der Waals surface area contributed by atoms with Gasteiger partial charge in [0.2, 0.25) is 0 Å². The molecule has 3 rings (SSSR count). The molecule has 1 fully saturated rings. The Morgan fingerprint density at radius 2 is 2.21 bits per heavy atom. The molecule has 1 aromatic carbocycles. The van der Waals surface area contributed by atoms with Gasteiger partial charge in [-0.1, -0.05) is 17.3 Å². The van der Waals surface area contributed by atoms with Crippen molar-refractivity contribution in [1.82, 2.24) is 20.4 Å². The zero-order valence-electron chi connectivity index (χ0n) is 13.1. The largest absolute Gasteiger partial charge is 0.335 e. The van der Waals surface area contributed by atoms with Gasteiger partial charge in [0.15, 0.2) is 5.82 Å². The molecule has 0 bridgehead atoms. The van der Waals surface area contributed by atoms with Gasteiger partial charge < -0.3 is 9.84 Å². The lowest BCUT2D eigenvalue weighted by molar-refractivity contribution is -0.385. The SMILES string of the molecule is CN1CCNCC1c1noc(/C=C/c2ccccc2[N+](=O)[O-])n1.Cl. The third-order valence-electron chi connectivity index (χ3n) is 3.81. The van der Waals surface area contributed by atoms with E-state index in [2.05, 4.69) is 20.4 Å². The molecular formula is C15H18ClN5O3. The van der Waals surface area contributed by atoms with Crippen molar-refractivity contribution in [3.8, 4) is 0 Å². The van der Waals surface area contributed by atoms with Gasteiger partial charge in [-0.25, -0.2) is 0 Å². The number of rotatable bonds is 4. The van der Waals surface area contributed by atoms with Gasteiger partial charge in [0.05, 0.1) is 16.5 Å². The van der Waals surface area contributed by atoms with Crippen LogP contribution in [0.4, 0.5) is 5.69 Å². The highest BCUT2D eigenvalue weighted by Crippen LogP contribution is 2.21. The summed E-state index contributed by atoms with van der Waals surface area (Å²) in [6.07, 6.45) is 3.20. The number of halogens is 1. The first-order valence-corrected chi connectivity index (χ1v) is 7.31. The summed E-state index contributed by atoms with van der Waals surface area (Å²) in [5.74, 6) is 0.944. The van der Waals surface area contributed by atoms with Crippen LogP contribution < -0.4 is 5.32 Å². The summed E-state index contributed by atoms with van der Waals surface area (Å²) in [6, 6.07) is 6.58. The molecule has 1 unspecified atom stereocenters. The topological polar surface area (TPSA) is 97.3 Å². The summed E-state index contributed by atoms with van der Waals surface area (Å²) in [7, 11) is 2.02. The Labute approximate surface area is 145 Å². The van der Waals surface area contributed by atoms with Gasteiger partial charge in [0.1, 0.15) is 0 Å². The van der Waals surface area contributed by atoms with E-state index in [1.54, 1.807) is 30.4 Å². The summed E-state index contributed by atoms with van der Waals surface area (Å²) in [5, 5.41) is 18.3. The van der Waals surface area contributed by atoms with Crippen LogP contribution in [0.1, 0.15) is 23.3 Å². The fourth-order valence-electron chi connectivity index (χ4n) is 2.50. The first kappa shape index (κ1) is 18.1. The molecule has 2 heterocycles. The summed E-state index contributed by atoms with van der Waals surface area (Å²) < 4.78 is 5.22. The van der Waals surface area contributed by atoms with Crippen molar-refractivity contribution in [2.45, 2.75) is 6.04 Å². The molecule has 1 aliphatic heterocycles. The number of benzene rings is 1. The lowest BCUT2D eigenvalue weighted by Gasteiger charge is -2.30. The predicted octanol–water partition coefficient (Wildman–Crippen LogP) is 2.15. The smallest absolute Gasteiger partial charge is 0.276 e. The molecule has 0 saturated carbocycles. The monoisotopic (exact) mass is 351 g/mol. The molecule has 0 amide bonds. The van der Waals surface area contributed by atoms with E-state index in [9.17, 15) is 10.1 Å². The Morgan fingerprint density at radius 3 is 2.96 bits per heavy atom. The van der Waals surface area contributed by atoms with Crippen molar-refractivity contribution in [2.24, 2.45) is 0 Å². The van der Waals surface area contributed by atoms with Crippen LogP contribution in [0.2, 0.25) is 0 Å². The standard InChI is InChI=1S/C15H17N5O3.ClH/c1-19-9-8-16-10-13(19)15-17-14(23-18-15)7-6-11-4-2-3-5-12(11)20(21)22;/h2-7,13,16H,8-10H2,1H3;1H/b7-6+;. The molecule has 128 valence electrons. The number of likely N-dealkylation sites (N-methyl/N-ethyl adjacent to an activating group) is 1. The van der Waals surface area contributed by atoms with E-state index < -0.39 is 4.92 Å². The highest BCUT2D eigenvalue weighted by molar-refractivity contribution is 5.85. The summed E-state index contributed by atoms with van der Waals surface area (Å²) in [4.78, 5) is 17.1. The number of nitrogens with one attached hydrogen (secondary N) is 1. The van der Waals surface area contributed by atoms with Crippen molar-refractivity contribution in [3.05, 3.63) is 51.7 Å². The van der Waals surface area contributed by atoms with Crippen LogP contribution in [0.25, 0.3) is 12.2 Å². The third kappa shape index (κ3) is 3.97. The molecule has 9 heteroatoms. The molecule has 24 heavy (non-hydrogen) atoms. The highest BCUT2D eigenvalue weighted by Gasteiger charge is 2.24. The molecule has 0 radical (unpaired) electrons. The number of para-hydroxylation sites is 1. The zero-order chi connectivity index (χ0) is 16.2. The van der Waals surface area contributed by atoms with Crippen molar-refractivity contribution < 1.29 is 9.45 Å². The van der Waals surface area contributed by atoms with Gasteiger partial charge >= 0.3 is 0 Å². The van der Waals surface area contributed by atoms with Crippen LogP contribution >= 0.6 is 12.4 Å². The first-order chi connectivity index (χ1) is 11.1. The van der Waals surface area contributed by atoms with Crippen molar-refractivity contribution in [3.63, 3.8) is 0 Å². The molecule has 1 atom stereocenters. The molecule has 0 aliphatic carbocycles. The quantitative estimate of drug-likeness (QED) is 0.665. The second-order valence-corrected chi connectivity index (χ2v) is 5.34. The number of nitro groups is 1. The number of aromatic nitrogens is 2. The fourth-order valence-corrected chi connectivity index (χ4v) is 2.50. The number of piperazine rings is 1. The lowest BCUT2D eigenvalue weighted by Crippen LogP contribution is -2.44. The van der Waals surface area contributed by atoms with Crippen molar-refractivity contribution >= 4 is 30.2 Å². The molecule has 8 nitrogen and oxygen atoms in total. The minimum Gasteiger partial charge on any atom is -0.335 e. The van der Waals surface area contributed by atoms with Crippen molar-refractivity contribution in [2.75, 3.05) is 26.7 Å². The van der Waals surface area contributed by atoms with Gasteiger partial charge in [-0.2, -0.15) is 4.98 Å². The third-order valence-corrected chi connectivity index (χ3v) is 3.81. The van der Waals surface area contributed by atoms with Crippen molar-refractivity contribution in [1.29, 1.82) is 0 Å². The Hall–Kier alpha value is -2.29. The number of hydrogen-bond acceptors (Lipinski definition) is 7. The Morgan fingerprint density at radius 1 is 1.42 bits per heavy atom. The maximum absolute atomic E-state index is 11.0. The number of nitrogens with zero attached hydrogens (tertiary/aromatic N) is 4. The second kappa shape index (κ2) is 8.00. The lowest BCUT2D eigenvalue weighted by atomic mass is 10.1. The average Bonchev–Trinajstić information content (AvgIpc) is 3.02. The van der Waals surface area contributed by atoms with E-state index in [0.29, 0.717) is 17.3 Å². The Bertz CT molecular complexity index is 733. The first-order valence-electron chi connectivity index (χ1n) is 7.31. The van der Waals surface area contributed by atoms with E-state index in [-0.39, 0.29) is 24.1 Å². The van der Waals surface area contributed by atoms with Crippen LogP contribution in [0.15, 0.2) is 28.8 Å². The van der Waals surface area contributed by atoms with Gasteiger partial charge in [0, 0.05) is 31.8 Å². The average molecular weight is 352 g/mol. The van der Waals surface area contributed by atoms with Crippen LogP contribution in [-0.4, -0.2) is 46.6 Å². The van der Waals surface area contributed by atoms with Gasteiger partial charge in [-0.3, -0.25) is 15.0 Å². The van der Waals surface area contributed by atoms with E-state index in [4.69, 9.17) is 4.52 Å². The normalized spacial score (nSPS) is 18.5. The Kier molecular flexibility index (Phi) is 6.02. The number of hydrogen-bond donors (Lipinski definition) is 1. The molecular weight excluding hydrogens is 334 g/mol. The van der Waals surface area contributed by atoms with E-state index in [1.165, 1.54) is 6.07 Å². The van der Waals surface area contributed by atoms with Crippen LogP contribution in [-0.2, 0) is 0 Å². The summed E-state index contributed by atoms with van der Waals surface area (Å²) in [5.41, 5.74) is 0.536. The predicted molar refractivity (Wildman–Crippen MR) is 91.8 cm³/mol.